The topological polar surface area (TPSA) is 56.3 Å². The van der Waals surface area contributed by atoms with Crippen LogP contribution in [0.15, 0.2) is 54.2 Å². The summed E-state index contributed by atoms with van der Waals surface area (Å²) in [6.07, 6.45) is 2.55. The quantitative estimate of drug-likeness (QED) is 0.458. The normalized spacial score (nSPS) is 10.8. The number of hydrogen-bond acceptors (Lipinski definition) is 6. The van der Waals surface area contributed by atoms with Gasteiger partial charge in [-0.1, -0.05) is 31.2 Å². The number of anilines is 2. The molecule has 0 spiro atoms. The average Bonchev–Trinajstić information content (AvgIpc) is 3.19. The van der Waals surface area contributed by atoms with Crippen molar-refractivity contribution < 1.29 is 9.47 Å². The number of benzene rings is 2. The van der Waals surface area contributed by atoms with E-state index in [0.29, 0.717) is 11.5 Å². The predicted molar refractivity (Wildman–Crippen MR) is 115 cm³/mol. The lowest BCUT2D eigenvalue weighted by Crippen LogP contribution is -1.98. The van der Waals surface area contributed by atoms with Crippen LogP contribution in [-0.4, -0.2) is 24.2 Å². The van der Waals surface area contributed by atoms with Crippen molar-refractivity contribution in [1.82, 2.24) is 9.97 Å². The molecule has 6 heteroatoms. The fourth-order valence-corrected chi connectivity index (χ4v) is 4.18. The molecule has 0 bridgehead atoms. The second-order valence-corrected chi connectivity index (χ2v) is 7.12. The van der Waals surface area contributed by atoms with Crippen molar-refractivity contribution in [3.05, 3.63) is 59.7 Å². The van der Waals surface area contributed by atoms with E-state index in [4.69, 9.17) is 9.47 Å². The summed E-state index contributed by atoms with van der Waals surface area (Å²) in [7, 11) is 3.28. The van der Waals surface area contributed by atoms with Crippen LogP contribution in [0.1, 0.15) is 12.5 Å². The molecule has 0 aliphatic heterocycles. The molecule has 0 amide bonds. The minimum atomic E-state index is 0.696. The highest BCUT2D eigenvalue weighted by Crippen LogP contribution is 2.40. The number of fused-ring (bicyclic) bond motifs is 1. The maximum Gasteiger partial charge on any atom is 0.161 e. The van der Waals surface area contributed by atoms with E-state index in [9.17, 15) is 0 Å². The van der Waals surface area contributed by atoms with Gasteiger partial charge in [-0.25, -0.2) is 9.97 Å². The van der Waals surface area contributed by atoms with Gasteiger partial charge < -0.3 is 14.8 Å². The SMILES string of the molecule is CCc1ccccc1Nc1ncnc2scc(-c3ccc(OC)c(OC)c3)c12. The van der Waals surface area contributed by atoms with Gasteiger partial charge in [0.05, 0.1) is 19.6 Å². The summed E-state index contributed by atoms with van der Waals surface area (Å²) in [6.45, 7) is 2.15. The highest BCUT2D eigenvalue weighted by molar-refractivity contribution is 7.17. The second-order valence-electron chi connectivity index (χ2n) is 6.26. The van der Waals surface area contributed by atoms with E-state index in [1.54, 1.807) is 31.9 Å². The third-order valence-corrected chi connectivity index (χ3v) is 5.60. The lowest BCUT2D eigenvalue weighted by molar-refractivity contribution is 0.355. The highest BCUT2D eigenvalue weighted by atomic mass is 32.1. The Morgan fingerprint density at radius 3 is 2.61 bits per heavy atom. The zero-order valence-corrected chi connectivity index (χ0v) is 16.8. The maximum absolute atomic E-state index is 5.47. The van der Waals surface area contributed by atoms with Crippen LogP contribution in [-0.2, 0) is 6.42 Å². The summed E-state index contributed by atoms with van der Waals surface area (Å²) in [5, 5.41) is 6.63. The molecule has 28 heavy (non-hydrogen) atoms. The minimum absolute atomic E-state index is 0.696. The van der Waals surface area contributed by atoms with Crippen LogP contribution in [0.5, 0.6) is 11.5 Å². The maximum atomic E-state index is 5.47. The molecule has 2 aromatic heterocycles. The molecule has 0 saturated carbocycles. The predicted octanol–water partition coefficient (Wildman–Crippen LogP) is 5.68. The molecule has 0 aliphatic rings. The molecule has 4 aromatic rings. The van der Waals surface area contributed by atoms with Gasteiger partial charge in [0, 0.05) is 16.6 Å². The van der Waals surface area contributed by atoms with Crippen molar-refractivity contribution >= 4 is 33.1 Å². The number of nitrogens with one attached hydrogen (secondary N) is 1. The van der Waals surface area contributed by atoms with Gasteiger partial charge in [0.25, 0.3) is 0 Å². The molecule has 0 radical (unpaired) electrons. The molecule has 0 saturated heterocycles. The fourth-order valence-electron chi connectivity index (χ4n) is 3.26. The average molecular weight is 391 g/mol. The van der Waals surface area contributed by atoms with E-state index < -0.39 is 0 Å². The van der Waals surface area contributed by atoms with Crippen molar-refractivity contribution in [2.45, 2.75) is 13.3 Å². The minimum Gasteiger partial charge on any atom is -0.493 e. The van der Waals surface area contributed by atoms with Gasteiger partial charge in [0.2, 0.25) is 0 Å². The van der Waals surface area contributed by atoms with Crippen LogP contribution in [0.4, 0.5) is 11.5 Å². The summed E-state index contributed by atoms with van der Waals surface area (Å²) in [6, 6.07) is 14.2. The first-order valence-corrected chi connectivity index (χ1v) is 9.92. The van der Waals surface area contributed by atoms with E-state index in [1.807, 2.05) is 24.3 Å². The van der Waals surface area contributed by atoms with E-state index in [2.05, 4.69) is 45.8 Å². The number of aryl methyl sites for hydroxylation is 1. The first-order chi connectivity index (χ1) is 13.7. The van der Waals surface area contributed by atoms with Gasteiger partial charge in [-0.3, -0.25) is 0 Å². The van der Waals surface area contributed by atoms with Crippen LogP contribution in [0.2, 0.25) is 0 Å². The van der Waals surface area contributed by atoms with Crippen LogP contribution >= 0.6 is 11.3 Å². The first-order valence-electron chi connectivity index (χ1n) is 9.04. The fraction of sp³-hybridized carbons (Fsp3) is 0.182. The third-order valence-electron chi connectivity index (χ3n) is 4.72. The second kappa shape index (κ2) is 7.86. The van der Waals surface area contributed by atoms with E-state index in [-0.39, 0.29) is 0 Å². The molecular weight excluding hydrogens is 370 g/mol. The van der Waals surface area contributed by atoms with Crippen LogP contribution in [0.25, 0.3) is 21.3 Å². The number of thiophene rings is 1. The molecule has 0 unspecified atom stereocenters. The zero-order valence-electron chi connectivity index (χ0n) is 16.0. The van der Waals surface area contributed by atoms with Gasteiger partial charge in [-0.05, 0) is 35.7 Å². The Bertz CT molecular complexity index is 1120. The van der Waals surface area contributed by atoms with Gasteiger partial charge >= 0.3 is 0 Å². The molecule has 5 nitrogen and oxygen atoms in total. The summed E-state index contributed by atoms with van der Waals surface area (Å²) in [4.78, 5) is 9.94. The zero-order chi connectivity index (χ0) is 19.5. The Labute approximate surface area is 168 Å². The molecule has 142 valence electrons. The largest absolute Gasteiger partial charge is 0.493 e. The van der Waals surface area contributed by atoms with Gasteiger partial charge in [0.1, 0.15) is 17.0 Å². The molecule has 4 rings (SSSR count). The number of methoxy groups -OCH3 is 2. The van der Waals surface area contributed by atoms with Gasteiger partial charge in [0.15, 0.2) is 11.5 Å². The monoisotopic (exact) mass is 391 g/mol. The Balaban J connectivity index is 1.84. The Morgan fingerprint density at radius 2 is 1.82 bits per heavy atom. The van der Waals surface area contributed by atoms with Crippen LogP contribution < -0.4 is 14.8 Å². The number of para-hydroxylation sites is 1. The molecule has 0 atom stereocenters. The van der Waals surface area contributed by atoms with Crippen molar-refractivity contribution in [2.75, 3.05) is 19.5 Å². The number of ether oxygens (including phenoxy) is 2. The molecular formula is C22H21N3O2S. The number of rotatable bonds is 6. The van der Waals surface area contributed by atoms with Crippen molar-refractivity contribution in [1.29, 1.82) is 0 Å². The van der Waals surface area contributed by atoms with Crippen molar-refractivity contribution in [3.8, 4) is 22.6 Å². The Morgan fingerprint density at radius 1 is 1.00 bits per heavy atom. The molecule has 2 heterocycles. The standard InChI is InChI=1S/C22H21N3O2S/c1-4-14-7-5-6-8-17(14)25-21-20-16(12-28-22(20)24-13-23-21)15-9-10-18(26-2)19(11-15)27-3/h5-13H,4H2,1-3H3,(H,23,24,25). The van der Waals surface area contributed by atoms with Gasteiger partial charge in [-0.15, -0.1) is 11.3 Å². The summed E-state index contributed by atoms with van der Waals surface area (Å²) in [5.74, 6) is 2.20. The summed E-state index contributed by atoms with van der Waals surface area (Å²) in [5.41, 5.74) is 4.41. The molecule has 0 fully saturated rings. The van der Waals surface area contributed by atoms with E-state index >= 15 is 0 Å². The summed E-state index contributed by atoms with van der Waals surface area (Å²) < 4.78 is 10.8. The lowest BCUT2D eigenvalue weighted by atomic mass is 10.0. The first kappa shape index (κ1) is 18.3. The molecule has 2 aromatic carbocycles. The molecule has 0 aliphatic carbocycles. The molecule has 1 N–H and O–H groups in total. The van der Waals surface area contributed by atoms with Crippen LogP contribution in [0, 0.1) is 0 Å². The lowest BCUT2D eigenvalue weighted by Gasteiger charge is -2.12. The highest BCUT2D eigenvalue weighted by Gasteiger charge is 2.16. The Hall–Kier alpha value is -3.12. The van der Waals surface area contributed by atoms with Gasteiger partial charge in [-0.2, -0.15) is 0 Å². The van der Waals surface area contributed by atoms with Crippen molar-refractivity contribution in [3.63, 3.8) is 0 Å². The van der Waals surface area contributed by atoms with Crippen LogP contribution in [0.3, 0.4) is 0 Å². The smallest absolute Gasteiger partial charge is 0.161 e. The van der Waals surface area contributed by atoms with E-state index in [1.165, 1.54) is 5.56 Å². The number of nitrogens with zero attached hydrogens (tertiary/aromatic N) is 2. The summed E-state index contributed by atoms with van der Waals surface area (Å²) >= 11 is 1.60. The van der Waals surface area contributed by atoms with Crippen molar-refractivity contribution in [2.24, 2.45) is 0 Å². The number of hydrogen-bond donors (Lipinski definition) is 1. The third kappa shape index (κ3) is 3.27. The van der Waals surface area contributed by atoms with E-state index in [0.717, 1.165) is 39.3 Å². The number of aromatic nitrogens is 2. The Kier molecular flexibility index (Phi) is 5.12.